The van der Waals surface area contributed by atoms with Gasteiger partial charge in [0.15, 0.2) is 0 Å². The molecule has 0 aliphatic carbocycles. The molecule has 5 nitrogen and oxygen atoms in total. The van der Waals surface area contributed by atoms with Gasteiger partial charge in [0, 0.05) is 9.50 Å². The van der Waals surface area contributed by atoms with Gasteiger partial charge in [-0.25, -0.2) is 9.69 Å². The van der Waals surface area contributed by atoms with E-state index in [4.69, 9.17) is 11.6 Å². The monoisotopic (exact) mass is 358 g/mol. The van der Waals surface area contributed by atoms with E-state index in [-0.39, 0.29) is 0 Å². The molecule has 0 bridgehead atoms. The van der Waals surface area contributed by atoms with Crippen LogP contribution in [-0.2, 0) is 9.59 Å². The number of benzene rings is 1. The Balaban J connectivity index is 2.57. The molecular formula is C13H12BrClN2O3. The van der Waals surface area contributed by atoms with E-state index in [1.807, 2.05) is 6.92 Å². The van der Waals surface area contributed by atoms with Gasteiger partial charge < -0.3 is 0 Å². The lowest BCUT2D eigenvalue weighted by molar-refractivity contribution is -0.140. The van der Waals surface area contributed by atoms with E-state index in [1.165, 1.54) is 19.9 Å². The van der Waals surface area contributed by atoms with Crippen LogP contribution in [0.15, 0.2) is 16.6 Å². The van der Waals surface area contributed by atoms with Gasteiger partial charge >= 0.3 is 6.03 Å². The summed E-state index contributed by atoms with van der Waals surface area (Å²) in [6, 6.07) is 2.45. The highest BCUT2D eigenvalue weighted by Gasteiger charge is 2.48. The molecule has 1 N–H and O–H groups in total. The number of rotatable bonds is 1. The van der Waals surface area contributed by atoms with Crippen LogP contribution in [-0.4, -0.2) is 17.8 Å². The molecule has 1 aromatic carbocycles. The molecule has 0 aromatic heterocycles. The van der Waals surface area contributed by atoms with Crippen LogP contribution in [0, 0.1) is 12.3 Å². The fourth-order valence-electron chi connectivity index (χ4n) is 1.80. The van der Waals surface area contributed by atoms with Crippen molar-refractivity contribution >= 4 is 51.1 Å². The summed E-state index contributed by atoms with van der Waals surface area (Å²) in [5.41, 5.74) is -0.198. The molecule has 1 aromatic rings. The summed E-state index contributed by atoms with van der Waals surface area (Å²) in [7, 11) is 0. The third-order valence-corrected chi connectivity index (χ3v) is 4.24. The summed E-state index contributed by atoms with van der Waals surface area (Å²) in [5.74, 6) is -1.20. The van der Waals surface area contributed by atoms with Gasteiger partial charge in [0.1, 0.15) is 5.41 Å². The van der Waals surface area contributed by atoms with E-state index in [0.29, 0.717) is 15.2 Å². The van der Waals surface area contributed by atoms with Crippen molar-refractivity contribution in [3.05, 3.63) is 27.2 Å². The lowest BCUT2D eigenvalue weighted by Crippen LogP contribution is -2.62. The Morgan fingerprint density at radius 2 is 1.85 bits per heavy atom. The Morgan fingerprint density at radius 3 is 2.45 bits per heavy atom. The molecular weight excluding hydrogens is 348 g/mol. The Kier molecular flexibility index (Phi) is 3.64. The summed E-state index contributed by atoms with van der Waals surface area (Å²) >= 11 is 9.35. The second-order valence-electron chi connectivity index (χ2n) is 5.08. The minimum Gasteiger partial charge on any atom is -0.276 e. The van der Waals surface area contributed by atoms with E-state index in [0.717, 1.165) is 10.5 Å². The first-order chi connectivity index (χ1) is 9.16. The number of imide groups is 2. The normalized spacial score (nSPS) is 18.2. The summed E-state index contributed by atoms with van der Waals surface area (Å²) in [4.78, 5) is 37.0. The van der Waals surface area contributed by atoms with Crippen LogP contribution in [0.4, 0.5) is 10.5 Å². The van der Waals surface area contributed by atoms with Crippen LogP contribution in [0.5, 0.6) is 0 Å². The maximum atomic E-state index is 12.4. The molecule has 1 aliphatic heterocycles. The number of carbonyl (C=O) groups excluding carboxylic acids is 3. The minimum absolute atomic E-state index is 0.309. The zero-order valence-electron chi connectivity index (χ0n) is 11.1. The highest BCUT2D eigenvalue weighted by Crippen LogP contribution is 2.36. The number of hydrogen-bond acceptors (Lipinski definition) is 3. The maximum absolute atomic E-state index is 12.4. The first kappa shape index (κ1) is 15.0. The van der Waals surface area contributed by atoms with Crippen LogP contribution < -0.4 is 10.2 Å². The van der Waals surface area contributed by atoms with E-state index in [1.54, 1.807) is 6.07 Å². The average Bonchev–Trinajstić information content (AvgIpc) is 2.33. The third kappa shape index (κ3) is 2.23. The van der Waals surface area contributed by atoms with E-state index < -0.39 is 23.3 Å². The summed E-state index contributed by atoms with van der Waals surface area (Å²) < 4.78 is 0.549. The fourth-order valence-corrected chi connectivity index (χ4v) is 2.60. The third-order valence-electron chi connectivity index (χ3n) is 3.20. The lowest BCUT2D eigenvalue weighted by atomic mass is 9.88. The topological polar surface area (TPSA) is 66.5 Å². The summed E-state index contributed by atoms with van der Waals surface area (Å²) in [6.07, 6.45) is 0. The Morgan fingerprint density at radius 1 is 1.25 bits per heavy atom. The maximum Gasteiger partial charge on any atom is 0.335 e. The molecule has 4 amide bonds. The molecule has 106 valence electrons. The van der Waals surface area contributed by atoms with Gasteiger partial charge in [-0.15, -0.1) is 0 Å². The van der Waals surface area contributed by atoms with E-state index in [2.05, 4.69) is 21.2 Å². The van der Waals surface area contributed by atoms with Gasteiger partial charge in [-0.1, -0.05) is 11.6 Å². The van der Waals surface area contributed by atoms with Crippen LogP contribution in [0.1, 0.15) is 19.4 Å². The Labute approximate surface area is 129 Å². The quantitative estimate of drug-likeness (QED) is 0.784. The van der Waals surface area contributed by atoms with Gasteiger partial charge in [0.2, 0.25) is 11.8 Å². The predicted molar refractivity (Wildman–Crippen MR) is 78.7 cm³/mol. The van der Waals surface area contributed by atoms with Crippen molar-refractivity contribution < 1.29 is 14.4 Å². The van der Waals surface area contributed by atoms with Crippen molar-refractivity contribution in [2.45, 2.75) is 20.8 Å². The molecule has 0 spiro atoms. The number of hydrogen-bond donors (Lipinski definition) is 1. The van der Waals surface area contributed by atoms with Crippen molar-refractivity contribution in [3.8, 4) is 0 Å². The number of nitrogens with one attached hydrogen (secondary N) is 1. The Bertz CT molecular complexity index is 643. The molecule has 0 unspecified atom stereocenters. The number of halogens is 2. The minimum atomic E-state index is -1.31. The van der Waals surface area contributed by atoms with Crippen molar-refractivity contribution in [1.82, 2.24) is 5.32 Å². The van der Waals surface area contributed by atoms with Crippen molar-refractivity contribution in [2.75, 3.05) is 4.90 Å². The SMILES string of the molecule is Cc1cc(Br)c(N2C(=O)NC(=O)C(C)(C)C2=O)cc1Cl. The number of carbonyl (C=O) groups is 3. The van der Waals surface area contributed by atoms with Crippen molar-refractivity contribution in [2.24, 2.45) is 5.41 Å². The van der Waals surface area contributed by atoms with Gasteiger partial charge in [-0.3, -0.25) is 14.9 Å². The van der Waals surface area contributed by atoms with Crippen LogP contribution in [0.3, 0.4) is 0 Å². The second kappa shape index (κ2) is 4.86. The fraction of sp³-hybridized carbons (Fsp3) is 0.308. The molecule has 1 heterocycles. The van der Waals surface area contributed by atoms with Gasteiger partial charge in [0.05, 0.1) is 5.69 Å². The van der Waals surface area contributed by atoms with Crippen LogP contribution >= 0.6 is 27.5 Å². The van der Waals surface area contributed by atoms with Crippen LogP contribution in [0.2, 0.25) is 5.02 Å². The molecule has 1 saturated heterocycles. The number of nitrogens with zero attached hydrogens (tertiary/aromatic N) is 1. The van der Waals surface area contributed by atoms with Crippen molar-refractivity contribution in [3.63, 3.8) is 0 Å². The first-order valence-electron chi connectivity index (χ1n) is 5.82. The molecule has 1 aliphatic rings. The lowest BCUT2D eigenvalue weighted by Gasteiger charge is -2.35. The first-order valence-corrected chi connectivity index (χ1v) is 6.99. The Hall–Kier alpha value is -1.40. The zero-order valence-corrected chi connectivity index (χ0v) is 13.4. The number of anilines is 1. The van der Waals surface area contributed by atoms with Crippen LogP contribution in [0.25, 0.3) is 0 Å². The van der Waals surface area contributed by atoms with Gasteiger partial charge in [-0.05, 0) is 54.4 Å². The highest BCUT2D eigenvalue weighted by atomic mass is 79.9. The van der Waals surface area contributed by atoms with E-state index >= 15 is 0 Å². The standard InChI is InChI=1S/C13H12BrClN2O3/c1-6-4-7(14)9(5-8(6)15)17-11(19)13(2,3)10(18)16-12(17)20/h4-5H,1-3H3,(H,16,18,20). The highest BCUT2D eigenvalue weighted by molar-refractivity contribution is 9.10. The molecule has 7 heteroatoms. The number of aryl methyl sites for hydroxylation is 1. The molecule has 0 saturated carbocycles. The molecule has 1 fully saturated rings. The van der Waals surface area contributed by atoms with Gasteiger partial charge in [0.25, 0.3) is 0 Å². The molecule has 20 heavy (non-hydrogen) atoms. The second-order valence-corrected chi connectivity index (χ2v) is 6.34. The van der Waals surface area contributed by atoms with Crippen molar-refractivity contribution in [1.29, 1.82) is 0 Å². The number of amides is 4. The molecule has 0 radical (unpaired) electrons. The molecule has 2 rings (SSSR count). The predicted octanol–water partition coefficient (Wildman–Crippen LogP) is 3.02. The largest absolute Gasteiger partial charge is 0.335 e. The van der Waals surface area contributed by atoms with Gasteiger partial charge in [-0.2, -0.15) is 0 Å². The van der Waals surface area contributed by atoms with E-state index in [9.17, 15) is 14.4 Å². The zero-order chi connectivity index (χ0) is 15.2. The smallest absolute Gasteiger partial charge is 0.276 e. The summed E-state index contributed by atoms with van der Waals surface area (Å²) in [6.45, 7) is 4.74. The number of urea groups is 1. The molecule has 0 atom stereocenters. The summed E-state index contributed by atoms with van der Waals surface area (Å²) in [5, 5.41) is 2.60. The average molecular weight is 360 g/mol. The number of barbiturate groups is 1.